The van der Waals surface area contributed by atoms with E-state index in [2.05, 4.69) is 5.32 Å². The van der Waals surface area contributed by atoms with Crippen LogP contribution in [0.5, 0.6) is 0 Å². The van der Waals surface area contributed by atoms with Gasteiger partial charge in [0.15, 0.2) is 5.11 Å². The van der Waals surface area contributed by atoms with E-state index in [4.69, 9.17) is 28.6 Å². The van der Waals surface area contributed by atoms with Crippen LogP contribution in [0, 0.1) is 0 Å². The minimum atomic E-state index is -0.268. The van der Waals surface area contributed by atoms with E-state index in [1.54, 1.807) is 31.1 Å². The van der Waals surface area contributed by atoms with E-state index >= 15 is 0 Å². The Labute approximate surface area is 122 Å². The molecule has 6 heteroatoms. The van der Waals surface area contributed by atoms with Crippen molar-refractivity contribution in [2.75, 3.05) is 13.7 Å². The minimum Gasteiger partial charge on any atom is -0.375 e. The van der Waals surface area contributed by atoms with E-state index in [1.165, 1.54) is 0 Å². The summed E-state index contributed by atoms with van der Waals surface area (Å²) in [6.45, 7) is 2.19. The second kappa shape index (κ2) is 5.86. The highest BCUT2D eigenvalue weighted by Gasteiger charge is 2.33. The molecule has 0 radical (unpaired) electrons. The number of hydrogen-bond acceptors (Lipinski definition) is 3. The number of carbonyl (C=O) groups excluding carboxylic acids is 1. The van der Waals surface area contributed by atoms with Crippen LogP contribution in [0.2, 0.25) is 5.02 Å². The zero-order valence-corrected chi connectivity index (χ0v) is 12.3. The third kappa shape index (κ3) is 3.05. The molecule has 102 valence electrons. The van der Waals surface area contributed by atoms with E-state index in [9.17, 15) is 4.79 Å². The third-order valence-electron chi connectivity index (χ3n) is 3.10. The first-order valence-corrected chi connectivity index (χ1v) is 6.71. The zero-order chi connectivity index (χ0) is 14.0. The summed E-state index contributed by atoms with van der Waals surface area (Å²) in [5.41, 5.74) is 0.960. The number of rotatable bonds is 4. The van der Waals surface area contributed by atoms with Gasteiger partial charge in [-0.3, -0.25) is 9.69 Å². The van der Waals surface area contributed by atoms with Crippen molar-refractivity contribution in [3.63, 3.8) is 0 Å². The summed E-state index contributed by atoms with van der Waals surface area (Å²) in [5, 5.41) is 4.06. The lowest BCUT2D eigenvalue weighted by atomic mass is 10.1. The third-order valence-corrected chi connectivity index (χ3v) is 3.69. The largest absolute Gasteiger partial charge is 0.375 e. The monoisotopic (exact) mass is 298 g/mol. The van der Waals surface area contributed by atoms with Gasteiger partial charge in [-0.2, -0.15) is 0 Å². The van der Waals surface area contributed by atoms with Crippen molar-refractivity contribution in [2.24, 2.45) is 0 Å². The van der Waals surface area contributed by atoms with Crippen LogP contribution in [-0.4, -0.2) is 35.6 Å². The molecule has 2 atom stereocenters. The second-order valence-electron chi connectivity index (χ2n) is 4.40. The summed E-state index contributed by atoms with van der Waals surface area (Å²) in [4.78, 5) is 13.5. The Hall–Kier alpha value is -1.17. The number of thiocarbonyl (C=S) groups is 1. The van der Waals surface area contributed by atoms with Gasteiger partial charge in [-0.05, 0) is 36.8 Å². The van der Waals surface area contributed by atoms with Crippen LogP contribution in [0.15, 0.2) is 24.3 Å². The smallest absolute Gasteiger partial charge is 0.251 e. The van der Waals surface area contributed by atoms with Gasteiger partial charge in [-0.15, -0.1) is 0 Å². The fourth-order valence-corrected chi connectivity index (χ4v) is 2.46. The van der Waals surface area contributed by atoms with Crippen molar-refractivity contribution in [1.29, 1.82) is 0 Å². The first kappa shape index (κ1) is 14.2. The molecule has 1 aliphatic heterocycles. The van der Waals surface area contributed by atoms with Gasteiger partial charge in [-0.1, -0.05) is 23.7 Å². The number of halogens is 1. The van der Waals surface area contributed by atoms with E-state index in [-0.39, 0.29) is 18.1 Å². The number of carbonyl (C=O) groups is 1. The summed E-state index contributed by atoms with van der Waals surface area (Å²) in [7, 11) is 1.61. The maximum Gasteiger partial charge on any atom is 0.251 e. The van der Waals surface area contributed by atoms with Crippen LogP contribution >= 0.6 is 23.8 Å². The van der Waals surface area contributed by atoms with E-state index in [0.29, 0.717) is 16.7 Å². The maximum absolute atomic E-state index is 12.0. The van der Waals surface area contributed by atoms with Crippen LogP contribution in [0.25, 0.3) is 0 Å². The molecule has 1 heterocycles. The van der Waals surface area contributed by atoms with Crippen LogP contribution < -0.4 is 5.32 Å². The Bertz CT molecular complexity index is 492. The summed E-state index contributed by atoms with van der Waals surface area (Å²) >= 11 is 11.0. The number of nitrogens with zero attached hydrogens (tertiary/aromatic N) is 1. The molecule has 0 bridgehead atoms. The van der Waals surface area contributed by atoms with Crippen molar-refractivity contribution in [3.8, 4) is 0 Å². The number of nitrogens with one attached hydrogen (secondary N) is 1. The lowest BCUT2D eigenvalue weighted by Gasteiger charge is -2.22. The molecule has 1 N–H and O–H groups in total. The fourth-order valence-electron chi connectivity index (χ4n) is 1.99. The Morgan fingerprint density at radius 3 is 2.58 bits per heavy atom. The average molecular weight is 299 g/mol. The van der Waals surface area contributed by atoms with Gasteiger partial charge >= 0.3 is 0 Å². The van der Waals surface area contributed by atoms with Crippen LogP contribution in [0.1, 0.15) is 18.6 Å². The van der Waals surface area contributed by atoms with Gasteiger partial charge in [0, 0.05) is 12.1 Å². The first-order valence-electron chi connectivity index (χ1n) is 5.93. The van der Waals surface area contributed by atoms with Gasteiger partial charge < -0.3 is 10.1 Å². The second-order valence-corrected chi connectivity index (χ2v) is 5.22. The SMILES string of the molecule is CO[C@H](CN1C(=O)[C@H](C)NC1=S)c1ccc(Cl)cc1. The molecule has 1 aliphatic rings. The first-order chi connectivity index (χ1) is 9.02. The molecule has 1 fully saturated rings. The number of methoxy groups -OCH3 is 1. The van der Waals surface area contributed by atoms with Crippen molar-refractivity contribution in [1.82, 2.24) is 10.2 Å². The van der Waals surface area contributed by atoms with E-state index in [0.717, 1.165) is 5.56 Å². The van der Waals surface area contributed by atoms with Gasteiger partial charge in [-0.25, -0.2) is 0 Å². The molecule has 0 unspecified atom stereocenters. The predicted octanol–water partition coefficient (Wildman–Crippen LogP) is 2.13. The van der Waals surface area contributed by atoms with Gasteiger partial charge in [0.1, 0.15) is 12.1 Å². The number of benzene rings is 1. The normalized spacial score (nSPS) is 20.6. The van der Waals surface area contributed by atoms with Crippen molar-refractivity contribution >= 4 is 34.8 Å². The molecule has 4 nitrogen and oxygen atoms in total. The Morgan fingerprint density at radius 1 is 1.47 bits per heavy atom. The quantitative estimate of drug-likeness (QED) is 0.865. The summed E-state index contributed by atoms with van der Waals surface area (Å²) in [6.07, 6.45) is -0.230. The van der Waals surface area contributed by atoms with Crippen LogP contribution in [-0.2, 0) is 9.53 Å². The Kier molecular flexibility index (Phi) is 4.39. The highest BCUT2D eigenvalue weighted by atomic mass is 35.5. The van der Waals surface area contributed by atoms with Crippen molar-refractivity contribution < 1.29 is 9.53 Å². The van der Waals surface area contributed by atoms with Crippen LogP contribution in [0.4, 0.5) is 0 Å². The highest BCUT2D eigenvalue weighted by Crippen LogP contribution is 2.22. The molecule has 1 amide bonds. The van der Waals surface area contributed by atoms with Crippen molar-refractivity contribution in [2.45, 2.75) is 19.1 Å². The predicted molar refractivity (Wildman–Crippen MR) is 78.1 cm³/mol. The lowest BCUT2D eigenvalue weighted by Crippen LogP contribution is -2.35. The van der Waals surface area contributed by atoms with Crippen LogP contribution in [0.3, 0.4) is 0 Å². The molecule has 1 saturated heterocycles. The average Bonchev–Trinajstić information content (AvgIpc) is 2.63. The van der Waals surface area contributed by atoms with Gasteiger partial charge in [0.2, 0.25) is 0 Å². The van der Waals surface area contributed by atoms with E-state index in [1.807, 2.05) is 12.1 Å². The zero-order valence-electron chi connectivity index (χ0n) is 10.7. The molecule has 1 aromatic rings. The summed E-state index contributed by atoms with van der Waals surface area (Å²) in [5.74, 6) is -0.0268. The number of ether oxygens (including phenoxy) is 1. The molecule has 0 aliphatic carbocycles. The Balaban J connectivity index is 2.13. The van der Waals surface area contributed by atoms with E-state index < -0.39 is 0 Å². The number of amides is 1. The van der Waals surface area contributed by atoms with Gasteiger partial charge in [0.25, 0.3) is 5.91 Å². The minimum absolute atomic E-state index is 0.0268. The molecule has 19 heavy (non-hydrogen) atoms. The summed E-state index contributed by atoms with van der Waals surface area (Å²) < 4.78 is 5.45. The topological polar surface area (TPSA) is 41.6 Å². The fraction of sp³-hybridized carbons (Fsp3) is 0.385. The Morgan fingerprint density at radius 2 is 2.11 bits per heavy atom. The molecule has 1 aromatic carbocycles. The molecular weight excluding hydrogens is 284 g/mol. The standard InChI is InChI=1S/C13H15ClN2O2S/c1-8-12(17)16(13(19)15-8)7-11(18-2)9-3-5-10(14)6-4-9/h3-6,8,11H,7H2,1-2H3,(H,15,19)/t8-,11+/m0/s1. The molecule has 0 saturated carbocycles. The molecule has 0 spiro atoms. The summed E-state index contributed by atoms with van der Waals surface area (Å²) in [6, 6.07) is 7.10. The lowest BCUT2D eigenvalue weighted by molar-refractivity contribution is -0.127. The molecule has 0 aromatic heterocycles. The van der Waals surface area contributed by atoms with Crippen molar-refractivity contribution in [3.05, 3.63) is 34.9 Å². The number of hydrogen-bond donors (Lipinski definition) is 1. The highest BCUT2D eigenvalue weighted by molar-refractivity contribution is 7.80. The molecular formula is C13H15ClN2O2S. The van der Waals surface area contributed by atoms with Gasteiger partial charge in [0.05, 0.1) is 6.54 Å². The maximum atomic E-state index is 12.0. The molecule has 2 rings (SSSR count).